The molecule has 0 atom stereocenters. The van der Waals surface area contributed by atoms with Crippen LogP contribution in [0.1, 0.15) is 22.4 Å². The number of para-hydroxylation sites is 1. The molecule has 0 radical (unpaired) electrons. The molecular formula is C24H19N3. The second kappa shape index (κ2) is 8.11. The molecule has 0 N–H and O–H groups in total. The fraction of sp³-hybridized carbons (Fsp3) is 0. The van der Waals surface area contributed by atoms with Gasteiger partial charge in [-0.1, -0.05) is 97.1 Å². The number of hydrogen-bond donors (Lipinski definition) is 0. The molecule has 130 valence electrons. The molecule has 4 aromatic rings. The summed E-state index contributed by atoms with van der Waals surface area (Å²) in [5, 5.41) is 9.03. The van der Waals surface area contributed by atoms with Gasteiger partial charge in [-0.2, -0.15) is 9.90 Å². The summed E-state index contributed by atoms with van der Waals surface area (Å²) in [5.41, 5.74) is 5.13. The predicted molar refractivity (Wildman–Crippen MR) is 112 cm³/mol. The van der Waals surface area contributed by atoms with Crippen molar-refractivity contribution in [2.24, 2.45) is 0 Å². The molecule has 4 rings (SSSR count). The highest BCUT2D eigenvalue weighted by molar-refractivity contribution is 5.73. The number of aromatic nitrogens is 3. The predicted octanol–water partition coefficient (Wildman–Crippen LogP) is 5.61. The van der Waals surface area contributed by atoms with Gasteiger partial charge in [-0.3, -0.25) is 0 Å². The zero-order valence-electron chi connectivity index (χ0n) is 14.8. The van der Waals surface area contributed by atoms with Gasteiger partial charge in [0, 0.05) is 5.56 Å². The van der Waals surface area contributed by atoms with E-state index in [2.05, 4.69) is 52.7 Å². The third-order valence-electron chi connectivity index (χ3n) is 4.16. The molecule has 1 aromatic heterocycles. The first-order chi connectivity index (χ1) is 13.4. The first kappa shape index (κ1) is 16.7. The van der Waals surface area contributed by atoms with Crippen LogP contribution in [0.4, 0.5) is 0 Å². The zero-order valence-corrected chi connectivity index (χ0v) is 14.8. The molecule has 3 heteroatoms. The highest BCUT2D eigenvalue weighted by Gasteiger charge is 2.04. The summed E-state index contributed by atoms with van der Waals surface area (Å²) in [6, 6.07) is 28.5. The van der Waals surface area contributed by atoms with E-state index in [0.717, 1.165) is 28.1 Å². The Morgan fingerprint density at radius 3 is 1.89 bits per heavy atom. The van der Waals surface area contributed by atoms with Crippen molar-refractivity contribution in [3.63, 3.8) is 0 Å². The second-order valence-electron chi connectivity index (χ2n) is 6.11. The summed E-state index contributed by atoms with van der Waals surface area (Å²) in [7, 11) is 0. The van der Waals surface area contributed by atoms with Crippen LogP contribution in [-0.2, 0) is 0 Å². The fourth-order valence-corrected chi connectivity index (χ4v) is 2.77. The van der Waals surface area contributed by atoms with Crippen molar-refractivity contribution in [1.82, 2.24) is 15.0 Å². The van der Waals surface area contributed by atoms with Crippen molar-refractivity contribution in [1.29, 1.82) is 0 Å². The van der Waals surface area contributed by atoms with Crippen LogP contribution in [0, 0.1) is 0 Å². The van der Waals surface area contributed by atoms with Crippen LogP contribution in [-0.4, -0.2) is 15.0 Å². The summed E-state index contributed by atoms with van der Waals surface area (Å²) < 4.78 is 0. The maximum Gasteiger partial charge on any atom is 0.106 e. The van der Waals surface area contributed by atoms with E-state index in [1.165, 1.54) is 0 Å². The topological polar surface area (TPSA) is 30.7 Å². The average molecular weight is 349 g/mol. The summed E-state index contributed by atoms with van der Waals surface area (Å²) in [4.78, 5) is 1.68. The summed E-state index contributed by atoms with van der Waals surface area (Å²) in [6.07, 6.45) is 9.97. The standard InChI is InChI=1S/C24H19N3/c1-3-9-20(10-4-1)15-17-22-13-7-8-14-24(22)27-25-19-23(26-27)18-16-21-11-5-2-6-12-21/h1-19H. The lowest BCUT2D eigenvalue weighted by atomic mass is 10.1. The first-order valence-corrected chi connectivity index (χ1v) is 8.86. The van der Waals surface area contributed by atoms with Crippen molar-refractivity contribution in [2.45, 2.75) is 0 Å². The molecular weight excluding hydrogens is 330 g/mol. The van der Waals surface area contributed by atoms with Gasteiger partial charge in [0.1, 0.15) is 5.69 Å². The van der Waals surface area contributed by atoms with E-state index in [4.69, 9.17) is 0 Å². The van der Waals surface area contributed by atoms with Crippen LogP contribution in [0.3, 0.4) is 0 Å². The number of rotatable bonds is 5. The van der Waals surface area contributed by atoms with Crippen LogP contribution in [0.2, 0.25) is 0 Å². The Morgan fingerprint density at radius 2 is 1.19 bits per heavy atom. The van der Waals surface area contributed by atoms with Gasteiger partial charge in [0.2, 0.25) is 0 Å². The van der Waals surface area contributed by atoms with E-state index in [9.17, 15) is 0 Å². The van der Waals surface area contributed by atoms with E-state index >= 15 is 0 Å². The Labute approximate surface area is 158 Å². The molecule has 3 nitrogen and oxygen atoms in total. The number of benzene rings is 3. The zero-order chi connectivity index (χ0) is 18.3. The molecule has 0 saturated carbocycles. The van der Waals surface area contributed by atoms with E-state index in [0.29, 0.717) is 0 Å². The Bertz CT molecular complexity index is 1060. The molecule has 0 amide bonds. The molecule has 27 heavy (non-hydrogen) atoms. The molecule has 0 bridgehead atoms. The van der Waals surface area contributed by atoms with E-state index in [1.807, 2.05) is 66.7 Å². The minimum atomic E-state index is 0.820. The van der Waals surface area contributed by atoms with Gasteiger partial charge in [-0.15, -0.1) is 5.10 Å². The number of nitrogens with zero attached hydrogens (tertiary/aromatic N) is 3. The fourth-order valence-electron chi connectivity index (χ4n) is 2.77. The first-order valence-electron chi connectivity index (χ1n) is 8.86. The van der Waals surface area contributed by atoms with Crippen LogP contribution < -0.4 is 0 Å². The van der Waals surface area contributed by atoms with Gasteiger partial charge < -0.3 is 0 Å². The lowest BCUT2D eigenvalue weighted by molar-refractivity contribution is 0.749. The summed E-state index contributed by atoms with van der Waals surface area (Å²) in [5.74, 6) is 0. The molecule has 0 spiro atoms. The number of hydrogen-bond acceptors (Lipinski definition) is 2. The largest absolute Gasteiger partial charge is 0.156 e. The Hall–Kier alpha value is -3.72. The Morgan fingerprint density at radius 1 is 0.593 bits per heavy atom. The smallest absolute Gasteiger partial charge is 0.106 e. The van der Waals surface area contributed by atoms with Crippen molar-refractivity contribution < 1.29 is 0 Å². The Kier molecular flexibility index (Phi) is 5.02. The van der Waals surface area contributed by atoms with Gasteiger partial charge in [-0.25, -0.2) is 0 Å². The molecule has 1 heterocycles. The summed E-state index contributed by atoms with van der Waals surface area (Å²) in [6.45, 7) is 0. The van der Waals surface area contributed by atoms with Crippen molar-refractivity contribution in [3.05, 3.63) is 114 Å². The molecule has 0 fully saturated rings. The molecule has 0 aliphatic heterocycles. The highest BCUT2D eigenvalue weighted by atomic mass is 15.5. The lowest BCUT2D eigenvalue weighted by Gasteiger charge is -2.04. The lowest BCUT2D eigenvalue weighted by Crippen LogP contribution is -2.00. The molecule has 3 aromatic carbocycles. The highest BCUT2D eigenvalue weighted by Crippen LogP contribution is 2.17. The quantitative estimate of drug-likeness (QED) is 0.439. The van der Waals surface area contributed by atoms with Crippen LogP contribution >= 0.6 is 0 Å². The van der Waals surface area contributed by atoms with Crippen molar-refractivity contribution in [2.75, 3.05) is 0 Å². The molecule has 0 saturated heterocycles. The van der Waals surface area contributed by atoms with Crippen molar-refractivity contribution in [3.8, 4) is 5.69 Å². The minimum Gasteiger partial charge on any atom is -0.156 e. The van der Waals surface area contributed by atoms with Gasteiger partial charge >= 0.3 is 0 Å². The SMILES string of the molecule is C(=Cc1cnn(-c2ccccc2C=Cc2ccccc2)n1)c1ccccc1. The molecule has 0 aliphatic rings. The normalized spacial score (nSPS) is 11.4. The van der Waals surface area contributed by atoms with Crippen LogP contribution in [0.25, 0.3) is 30.0 Å². The average Bonchev–Trinajstić information content (AvgIpc) is 3.21. The Balaban J connectivity index is 1.58. The van der Waals surface area contributed by atoms with Crippen molar-refractivity contribution >= 4 is 24.3 Å². The third kappa shape index (κ3) is 4.28. The monoisotopic (exact) mass is 349 g/mol. The maximum absolute atomic E-state index is 4.60. The van der Waals surface area contributed by atoms with Gasteiger partial charge in [0.25, 0.3) is 0 Å². The second-order valence-corrected chi connectivity index (χ2v) is 6.11. The summed E-state index contributed by atoms with van der Waals surface area (Å²) >= 11 is 0. The van der Waals surface area contributed by atoms with Gasteiger partial charge in [0.15, 0.2) is 0 Å². The van der Waals surface area contributed by atoms with E-state index in [1.54, 1.807) is 11.0 Å². The molecule has 0 unspecified atom stereocenters. The van der Waals surface area contributed by atoms with Crippen LogP contribution in [0.5, 0.6) is 0 Å². The third-order valence-corrected chi connectivity index (χ3v) is 4.16. The van der Waals surface area contributed by atoms with Gasteiger partial charge in [0.05, 0.1) is 11.9 Å². The maximum atomic E-state index is 4.60. The minimum absolute atomic E-state index is 0.820. The van der Waals surface area contributed by atoms with Crippen LogP contribution in [0.15, 0.2) is 91.1 Å². The molecule has 0 aliphatic carbocycles. The van der Waals surface area contributed by atoms with E-state index < -0.39 is 0 Å². The van der Waals surface area contributed by atoms with E-state index in [-0.39, 0.29) is 0 Å². The van der Waals surface area contributed by atoms with Gasteiger partial charge in [-0.05, 0) is 23.3 Å².